The fourth-order valence-corrected chi connectivity index (χ4v) is 1.16. The van der Waals surface area contributed by atoms with Crippen LogP contribution in [-0.2, 0) is 14.3 Å². The molecule has 0 bridgehead atoms. The summed E-state index contributed by atoms with van der Waals surface area (Å²) in [5.74, 6) is -0.931. The summed E-state index contributed by atoms with van der Waals surface area (Å²) >= 11 is 0. The lowest BCUT2D eigenvalue weighted by atomic mass is 10.0. The van der Waals surface area contributed by atoms with Crippen molar-refractivity contribution in [3.63, 3.8) is 0 Å². The summed E-state index contributed by atoms with van der Waals surface area (Å²) < 4.78 is 4.59. The first kappa shape index (κ1) is 14.5. The summed E-state index contributed by atoms with van der Waals surface area (Å²) in [6.07, 6.45) is -4.19. The minimum absolute atomic E-state index is 0.0220. The third kappa shape index (κ3) is 3.20. The molecule has 1 aliphatic rings. The number of hydrogen-bond donors (Lipinski definition) is 4. The minimum atomic E-state index is -1.85. The highest BCUT2D eigenvalue weighted by molar-refractivity contribution is 6.43. The van der Waals surface area contributed by atoms with E-state index >= 15 is 0 Å². The van der Waals surface area contributed by atoms with E-state index in [1.807, 2.05) is 0 Å². The first-order valence-electron chi connectivity index (χ1n) is 5.07. The fraction of sp³-hybridized carbons (Fsp3) is 0.500. The zero-order valence-corrected chi connectivity index (χ0v) is 9.21. The lowest BCUT2D eigenvalue weighted by molar-refractivity contribution is -0.162. The summed E-state index contributed by atoms with van der Waals surface area (Å²) in [5.41, 5.74) is -0.0220. The van der Waals surface area contributed by atoms with Gasteiger partial charge >= 0.3 is 5.97 Å². The standard InChI is InChI=1S/C10H13NO7/c12-3-6(14)8(15)9(16)7(4-13)18-10(17)5-1-2-11-5/h1-2,4,6-9,12,14-16H,3H2/t6-,7-,8-,9-/m1/s1. The second kappa shape index (κ2) is 6.36. The summed E-state index contributed by atoms with van der Waals surface area (Å²) in [6.45, 7) is -0.812. The molecule has 8 nitrogen and oxygen atoms in total. The van der Waals surface area contributed by atoms with E-state index in [4.69, 9.17) is 10.2 Å². The number of ether oxygens (including phenoxy) is 1. The molecule has 1 rings (SSSR count). The molecule has 0 aromatic carbocycles. The minimum Gasteiger partial charge on any atom is -0.447 e. The molecule has 1 heterocycles. The molecule has 4 N–H and O–H groups in total. The van der Waals surface area contributed by atoms with E-state index in [1.54, 1.807) is 0 Å². The zero-order valence-electron chi connectivity index (χ0n) is 9.21. The van der Waals surface area contributed by atoms with Crippen LogP contribution in [0.5, 0.6) is 0 Å². The average Bonchev–Trinajstić information content (AvgIpc) is 2.30. The van der Waals surface area contributed by atoms with Crippen molar-refractivity contribution in [1.29, 1.82) is 0 Å². The van der Waals surface area contributed by atoms with Gasteiger partial charge in [-0.1, -0.05) is 0 Å². The lowest BCUT2D eigenvalue weighted by Crippen LogP contribution is -2.48. The Morgan fingerprint density at radius 3 is 2.39 bits per heavy atom. The highest BCUT2D eigenvalue weighted by Gasteiger charge is 2.34. The number of aliphatic imine (C=N–C) groups is 1. The fourth-order valence-electron chi connectivity index (χ4n) is 1.16. The molecular formula is C10H13NO7. The number of aldehydes is 1. The van der Waals surface area contributed by atoms with Crippen molar-refractivity contribution < 1.29 is 34.8 Å². The van der Waals surface area contributed by atoms with Gasteiger partial charge in [0.15, 0.2) is 12.4 Å². The molecule has 0 aliphatic carbocycles. The lowest BCUT2D eigenvalue weighted by Gasteiger charge is -2.25. The molecule has 0 saturated heterocycles. The van der Waals surface area contributed by atoms with Gasteiger partial charge in [-0.3, -0.25) is 4.79 Å². The smallest absolute Gasteiger partial charge is 0.357 e. The van der Waals surface area contributed by atoms with Crippen molar-refractivity contribution in [3.05, 3.63) is 12.3 Å². The van der Waals surface area contributed by atoms with Gasteiger partial charge in [-0.2, -0.15) is 0 Å². The maximum absolute atomic E-state index is 11.3. The summed E-state index contributed by atoms with van der Waals surface area (Å²) in [7, 11) is 0. The Balaban J connectivity index is 2.59. The number of carbonyl (C=O) groups is 2. The van der Waals surface area contributed by atoms with Gasteiger partial charge in [0.25, 0.3) is 0 Å². The van der Waals surface area contributed by atoms with Crippen LogP contribution < -0.4 is 0 Å². The van der Waals surface area contributed by atoms with Gasteiger partial charge < -0.3 is 25.2 Å². The van der Waals surface area contributed by atoms with Crippen LogP contribution in [0.3, 0.4) is 0 Å². The second-order valence-electron chi connectivity index (χ2n) is 3.57. The van der Waals surface area contributed by atoms with Crippen LogP contribution in [0.4, 0.5) is 0 Å². The molecule has 0 aromatic heterocycles. The second-order valence-corrected chi connectivity index (χ2v) is 3.57. The van der Waals surface area contributed by atoms with E-state index in [9.17, 15) is 19.8 Å². The third-order valence-corrected chi connectivity index (χ3v) is 2.30. The van der Waals surface area contributed by atoms with E-state index < -0.39 is 37.0 Å². The molecule has 0 unspecified atom stereocenters. The van der Waals surface area contributed by atoms with Crippen molar-refractivity contribution in [2.24, 2.45) is 4.99 Å². The summed E-state index contributed by atoms with van der Waals surface area (Å²) in [6, 6.07) is 0. The molecule has 0 spiro atoms. The van der Waals surface area contributed by atoms with Crippen molar-refractivity contribution in [3.8, 4) is 0 Å². The number of aliphatic hydroxyl groups excluding tert-OH is 4. The van der Waals surface area contributed by atoms with Crippen molar-refractivity contribution in [1.82, 2.24) is 0 Å². The number of esters is 1. The van der Waals surface area contributed by atoms with Crippen LogP contribution in [-0.4, -0.2) is 69.4 Å². The Morgan fingerprint density at radius 2 is 2.00 bits per heavy atom. The van der Waals surface area contributed by atoms with E-state index in [0.717, 1.165) is 0 Å². The van der Waals surface area contributed by atoms with Crippen LogP contribution in [0.2, 0.25) is 0 Å². The normalized spacial score (nSPS) is 20.1. The first-order valence-corrected chi connectivity index (χ1v) is 5.07. The molecule has 18 heavy (non-hydrogen) atoms. The van der Waals surface area contributed by atoms with E-state index in [1.165, 1.54) is 12.3 Å². The SMILES string of the molecule is O=C[C@@H](OC(=O)C1=NC=C1)[C@@H](O)[C@H](O)[C@H](O)CO. The quantitative estimate of drug-likeness (QED) is 0.285. The van der Waals surface area contributed by atoms with Crippen molar-refractivity contribution in [2.45, 2.75) is 24.4 Å². The van der Waals surface area contributed by atoms with Gasteiger partial charge in [-0.05, 0) is 6.08 Å². The summed E-state index contributed by atoms with van der Waals surface area (Å²) in [5, 5.41) is 36.5. The molecule has 0 aromatic rings. The molecule has 100 valence electrons. The van der Waals surface area contributed by atoms with Gasteiger partial charge in [-0.15, -0.1) is 0 Å². The van der Waals surface area contributed by atoms with E-state index in [0.29, 0.717) is 0 Å². The topological polar surface area (TPSA) is 137 Å². The maximum Gasteiger partial charge on any atom is 0.357 e. The Labute approximate surface area is 102 Å². The number of aliphatic hydroxyl groups is 4. The van der Waals surface area contributed by atoms with Crippen LogP contribution in [0.1, 0.15) is 0 Å². The number of carbonyl (C=O) groups excluding carboxylic acids is 2. The predicted molar refractivity (Wildman–Crippen MR) is 57.6 cm³/mol. The van der Waals surface area contributed by atoms with E-state index in [-0.39, 0.29) is 12.0 Å². The molecule has 0 fully saturated rings. The van der Waals surface area contributed by atoms with Crippen LogP contribution in [0.25, 0.3) is 0 Å². The highest BCUT2D eigenvalue weighted by atomic mass is 16.6. The zero-order chi connectivity index (χ0) is 13.7. The number of rotatable bonds is 7. The maximum atomic E-state index is 11.3. The van der Waals surface area contributed by atoms with Crippen molar-refractivity contribution in [2.75, 3.05) is 6.61 Å². The third-order valence-electron chi connectivity index (χ3n) is 2.30. The number of nitrogens with zero attached hydrogens (tertiary/aromatic N) is 1. The molecule has 0 amide bonds. The monoisotopic (exact) mass is 259 g/mol. The van der Waals surface area contributed by atoms with Gasteiger partial charge in [0.1, 0.15) is 24.0 Å². The number of hydrogen-bond acceptors (Lipinski definition) is 8. The molecular weight excluding hydrogens is 246 g/mol. The van der Waals surface area contributed by atoms with Crippen LogP contribution >= 0.6 is 0 Å². The molecule has 4 atom stereocenters. The molecule has 8 heteroatoms. The van der Waals surface area contributed by atoms with Crippen LogP contribution in [0.15, 0.2) is 17.3 Å². The highest BCUT2D eigenvalue weighted by Crippen LogP contribution is 2.09. The molecule has 1 aliphatic heterocycles. The Kier molecular flexibility index (Phi) is 5.10. The van der Waals surface area contributed by atoms with Crippen LogP contribution in [0, 0.1) is 0 Å². The first-order chi connectivity index (χ1) is 8.51. The van der Waals surface area contributed by atoms with Gasteiger partial charge in [-0.25, -0.2) is 9.79 Å². The Hall–Kier alpha value is -1.61. The van der Waals surface area contributed by atoms with Gasteiger partial charge in [0.2, 0.25) is 0 Å². The van der Waals surface area contributed by atoms with Gasteiger partial charge in [0, 0.05) is 6.20 Å². The predicted octanol–water partition coefficient (Wildman–Crippen LogP) is -2.86. The molecule has 0 saturated carbocycles. The van der Waals surface area contributed by atoms with E-state index in [2.05, 4.69) is 9.73 Å². The average molecular weight is 259 g/mol. The Morgan fingerprint density at radius 1 is 1.39 bits per heavy atom. The Bertz CT molecular complexity index is 378. The van der Waals surface area contributed by atoms with Gasteiger partial charge in [0.05, 0.1) is 6.61 Å². The molecule has 0 radical (unpaired) electrons. The van der Waals surface area contributed by atoms with Crippen molar-refractivity contribution >= 4 is 18.0 Å². The summed E-state index contributed by atoms with van der Waals surface area (Å²) in [4.78, 5) is 25.5. The largest absolute Gasteiger partial charge is 0.447 e.